The molecule has 3 aromatic rings. The summed E-state index contributed by atoms with van der Waals surface area (Å²) in [5.74, 6) is 0.166. The van der Waals surface area contributed by atoms with Gasteiger partial charge >= 0.3 is 0 Å². The second-order valence-electron chi connectivity index (χ2n) is 7.35. The number of aromatic nitrogens is 3. The monoisotopic (exact) mass is 410 g/mol. The maximum Gasteiger partial charge on any atom is 0.267 e. The fourth-order valence-electron chi connectivity index (χ4n) is 3.56. The molecule has 1 saturated heterocycles. The van der Waals surface area contributed by atoms with E-state index in [4.69, 9.17) is 4.74 Å². The Kier molecular flexibility index (Phi) is 5.91. The average molecular weight is 410 g/mol. The number of morpholine rings is 1. The lowest BCUT2D eigenvalue weighted by Gasteiger charge is -2.26. The topological polar surface area (TPSA) is 101 Å². The van der Waals surface area contributed by atoms with E-state index in [0.717, 1.165) is 38.4 Å². The Labute approximate surface area is 174 Å². The van der Waals surface area contributed by atoms with Crippen LogP contribution >= 0.6 is 0 Å². The zero-order valence-corrected chi connectivity index (χ0v) is 17.3. The molecule has 0 saturated carbocycles. The molecule has 158 valence electrons. The summed E-state index contributed by atoms with van der Waals surface area (Å²) < 4.78 is 6.84. The van der Waals surface area contributed by atoms with Crippen LogP contribution in [-0.4, -0.2) is 71.1 Å². The summed E-state index contributed by atoms with van der Waals surface area (Å²) in [6, 6.07) is 5.28. The molecule has 0 bridgehead atoms. The highest BCUT2D eigenvalue weighted by Crippen LogP contribution is 2.18. The van der Waals surface area contributed by atoms with Crippen LogP contribution in [0.15, 0.2) is 29.2 Å². The van der Waals surface area contributed by atoms with Crippen molar-refractivity contribution in [2.24, 2.45) is 0 Å². The summed E-state index contributed by atoms with van der Waals surface area (Å²) in [4.78, 5) is 37.2. The number of fused-ring (bicyclic) bond motifs is 2. The maximum absolute atomic E-state index is 13.0. The summed E-state index contributed by atoms with van der Waals surface area (Å²) in [6.07, 6.45) is 1.74. The Balaban J connectivity index is 1.65. The van der Waals surface area contributed by atoms with Crippen LogP contribution in [0.25, 0.3) is 16.7 Å². The molecule has 1 fully saturated rings. The van der Waals surface area contributed by atoms with Crippen LogP contribution in [0.1, 0.15) is 22.8 Å². The molecule has 3 aromatic heterocycles. The van der Waals surface area contributed by atoms with E-state index in [1.165, 1.54) is 4.40 Å². The van der Waals surface area contributed by atoms with Crippen LogP contribution in [0.3, 0.4) is 0 Å². The molecule has 9 heteroatoms. The van der Waals surface area contributed by atoms with E-state index >= 15 is 0 Å². The Morgan fingerprint density at radius 3 is 2.80 bits per heavy atom. The third kappa shape index (κ3) is 4.12. The molecule has 0 aliphatic carbocycles. The van der Waals surface area contributed by atoms with Crippen molar-refractivity contribution in [2.75, 3.05) is 51.3 Å². The summed E-state index contributed by atoms with van der Waals surface area (Å²) in [7, 11) is 0. The first-order valence-electron chi connectivity index (χ1n) is 10.2. The number of amides is 1. The van der Waals surface area contributed by atoms with Crippen LogP contribution in [0.4, 0.5) is 5.82 Å². The summed E-state index contributed by atoms with van der Waals surface area (Å²) >= 11 is 0. The number of anilines is 1. The molecule has 30 heavy (non-hydrogen) atoms. The first-order valence-corrected chi connectivity index (χ1v) is 10.2. The van der Waals surface area contributed by atoms with Crippen molar-refractivity contribution in [3.8, 4) is 0 Å². The number of carbonyl (C=O) groups is 1. The lowest BCUT2D eigenvalue weighted by atomic mass is 10.2. The summed E-state index contributed by atoms with van der Waals surface area (Å²) in [6.45, 7) is 8.87. The van der Waals surface area contributed by atoms with Crippen LogP contribution in [0, 0.1) is 6.92 Å². The van der Waals surface area contributed by atoms with Gasteiger partial charge in [0.15, 0.2) is 5.65 Å². The number of nitrogens with one attached hydrogen (secondary N) is 2. The van der Waals surface area contributed by atoms with Crippen LogP contribution in [0.2, 0.25) is 0 Å². The summed E-state index contributed by atoms with van der Waals surface area (Å²) in [5, 5.41) is 6.38. The van der Waals surface area contributed by atoms with Gasteiger partial charge in [-0.2, -0.15) is 0 Å². The van der Waals surface area contributed by atoms with Gasteiger partial charge in [-0.05, 0) is 31.5 Å². The molecule has 4 rings (SSSR count). The van der Waals surface area contributed by atoms with Crippen molar-refractivity contribution in [1.29, 1.82) is 0 Å². The number of carbonyl (C=O) groups excluding carboxylic acids is 1. The van der Waals surface area contributed by atoms with E-state index in [1.54, 1.807) is 18.3 Å². The van der Waals surface area contributed by atoms with Gasteiger partial charge in [0.25, 0.3) is 11.5 Å². The van der Waals surface area contributed by atoms with E-state index in [-0.39, 0.29) is 11.5 Å². The van der Waals surface area contributed by atoms with Gasteiger partial charge in [-0.3, -0.25) is 18.9 Å². The number of aryl methyl sites for hydroxylation is 1. The smallest absolute Gasteiger partial charge is 0.267 e. The number of nitrogens with zero attached hydrogens (tertiary/aromatic N) is 4. The molecule has 4 heterocycles. The molecule has 1 aliphatic rings. The second-order valence-corrected chi connectivity index (χ2v) is 7.35. The predicted octanol–water partition coefficient (Wildman–Crippen LogP) is 1.04. The summed E-state index contributed by atoms with van der Waals surface area (Å²) in [5.41, 5.74) is 1.90. The highest BCUT2D eigenvalue weighted by Gasteiger charge is 2.18. The normalized spacial score (nSPS) is 14.9. The van der Waals surface area contributed by atoms with Crippen molar-refractivity contribution < 1.29 is 9.53 Å². The van der Waals surface area contributed by atoms with E-state index in [1.807, 2.05) is 19.9 Å². The standard InChI is InChI=1S/C21H26N6O3/c1-3-22-18-15(20(28)23-6-7-26-8-10-30-11-9-26)12-16-19(25-18)24-17-5-4-14(2)13-27(17)21(16)29/h4-5,12-13H,3,6-11H2,1-2H3,(H,22,25)(H,23,28). The average Bonchev–Trinajstić information content (AvgIpc) is 2.75. The predicted molar refractivity (Wildman–Crippen MR) is 115 cm³/mol. The molecule has 0 unspecified atom stereocenters. The fraction of sp³-hybridized carbons (Fsp3) is 0.429. The molecule has 0 atom stereocenters. The molecular formula is C21H26N6O3. The molecule has 0 aromatic carbocycles. The lowest BCUT2D eigenvalue weighted by Crippen LogP contribution is -2.41. The van der Waals surface area contributed by atoms with Gasteiger partial charge in [-0.1, -0.05) is 6.07 Å². The Morgan fingerprint density at radius 2 is 2.03 bits per heavy atom. The van der Waals surface area contributed by atoms with Crippen molar-refractivity contribution in [1.82, 2.24) is 24.6 Å². The first kappa shape index (κ1) is 20.2. The van der Waals surface area contributed by atoms with Gasteiger partial charge in [0.1, 0.15) is 11.5 Å². The second kappa shape index (κ2) is 8.76. The van der Waals surface area contributed by atoms with E-state index in [0.29, 0.717) is 41.2 Å². The molecule has 0 radical (unpaired) electrons. The maximum atomic E-state index is 13.0. The van der Waals surface area contributed by atoms with E-state index in [2.05, 4.69) is 25.5 Å². The van der Waals surface area contributed by atoms with Crippen LogP contribution < -0.4 is 16.2 Å². The van der Waals surface area contributed by atoms with Gasteiger partial charge in [-0.25, -0.2) is 9.97 Å². The Hall–Kier alpha value is -3.04. The molecular weight excluding hydrogens is 384 g/mol. The number of pyridine rings is 2. The largest absolute Gasteiger partial charge is 0.379 e. The zero-order valence-electron chi connectivity index (χ0n) is 17.3. The van der Waals surface area contributed by atoms with Gasteiger partial charge in [-0.15, -0.1) is 0 Å². The van der Waals surface area contributed by atoms with E-state index in [9.17, 15) is 9.59 Å². The van der Waals surface area contributed by atoms with Gasteiger partial charge in [0, 0.05) is 38.9 Å². The third-order valence-electron chi connectivity index (χ3n) is 5.15. The Morgan fingerprint density at radius 1 is 1.23 bits per heavy atom. The highest BCUT2D eigenvalue weighted by molar-refractivity contribution is 6.01. The van der Waals surface area contributed by atoms with Gasteiger partial charge < -0.3 is 15.4 Å². The van der Waals surface area contributed by atoms with Crippen LogP contribution in [-0.2, 0) is 4.74 Å². The number of hydrogen-bond donors (Lipinski definition) is 2. The highest BCUT2D eigenvalue weighted by atomic mass is 16.5. The van der Waals surface area contributed by atoms with Gasteiger partial charge in [0.05, 0.1) is 24.2 Å². The minimum Gasteiger partial charge on any atom is -0.379 e. The van der Waals surface area contributed by atoms with Crippen molar-refractivity contribution in [3.05, 3.63) is 45.9 Å². The molecule has 0 spiro atoms. The quantitative estimate of drug-likeness (QED) is 0.586. The van der Waals surface area contributed by atoms with E-state index < -0.39 is 0 Å². The minimum atomic E-state index is -0.262. The first-order chi connectivity index (χ1) is 14.6. The molecule has 1 aliphatic heterocycles. The third-order valence-corrected chi connectivity index (χ3v) is 5.15. The van der Waals surface area contributed by atoms with Crippen molar-refractivity contribution in [3.63, 3.8) is 0 Å². The van der Waals surface area contributed by atoms with Gasteiger partial charge in [0.2, 0.25) is 0 Å². The Bertz CT molecular complexity index is 1140. The lowest BCUT2D eigenvalue weighted by molar-refractivity contribution is 0.0383. The number of hydrogen-bond acceptors (Lipinski definition) is 7. The van der Waals surface area contributed by atoms with Crippen molar-refractivity contribution >= 4 is 28.4 Å². The zero-order chi connectivity index (χ0) is 21.1. The molecule has 9 nitrogen and oxygen atoms in total. The van der Waals surface area contributed by atoms with Crippen molar-refractivity contribution in [2.45, 2.75) is 13.8 Å². The minimum absolute atomic E-state index is 0.239. The fourth-order valence-corrected chi connectivity index (χ4v) is 3.56. The number of ether oxygens (including phenoxy) is 1. The molecule has 2 N–H and O–H groups in total. The van der Waals surface area contributed by atoms with Crippen LogP contribution in [0.5, 0.6) is 0 Å². The molecule has 1 amide bonds. The number of rotatable bonds is 6. The SMILES string of the molecule is CCNc1nc2nc3ccc(C)cn3c(=O)c2cc1C(=O)NCCN1CCOCC1.